The number of rotatable bonds is 9. The predicted molar refractivity (Wildman–Crippen MR) is 101 cm³/mol. The highest BCUT2D eigenvalue weighted by Crippen LogP contribution is 2.26. The predicted octanol–water partition coefficient (Wildman–Crippen LogP) is 3.67. The fourth-order valence-electron chi connectivity index (χ4n) is 2.04. The van der Waals surface area contributed by atoms with Gasteiger partial charge < -0.3 is 10.2 Å². The van der Waals surface area contributed by atoms with Crippen LogP contribution in [0.15, 0.2) is 47.3 Å². The fraction of sp³-hybridized carbons (Fsp3) is 0.353. The molecule has 1 heterocycles. The number of carbonyl (C=O) groups excluding carboxylic acids is 1. The largest absolute Gasteiger partial charge is 0.357 e. The summed E-state index contributed by atoms with van der Waals surface area (Å²) in [5.74, 6) is 0.468. The molecular weight excluding hydrogens is 340 g/mol. The third-order valence-corrected chi connectivity index (χ3v) is 5.26. The van der Waals surface area contributed by atoms with E-state index < -0.39 is 0 Å². The number of anilines is 1. The van der Waals surface area contributed by atoms with E-state index in [0.717, 1.165) is 15.0 Å². The van der Waals surface area contributed by atoms with Gasteiger partial charge in [0.15, 0.2) is 4.34 Å². The Morgan fingerprint density at radius 3 is 2.79 bits per heavy atom. The molecule has 0 aliphatic carbocycles. The Kier molecular flexibility index (Phi) is 7.27. The first-order chi connectivity index (χ1) is 11.6. The Bertz CT molecular complexity index is 658. The van der Waals surface area contributed by atoms with Gasteiger partial charge in [-0.05, 0) is 19.4 Å². The molecule has 0 saturated heterocycles. The van der Waals surface area contributed by atoms with Gasteiger partial charge in [-0.15, -0.1) is 16.8 Å². The molecule has 0 aliphatic heterocycles. The summed E-state index contributed by atoms with van der Waals surface area (Å²) in [6.07, 6.45) is 1.77. The lowest BCUT2D eigenvalue weighted by Gasteiger charge is -2.26. The van der Waals surface area contributed by atoms with Crippen LogP contribution >= 0.6 is 23.1 Å². The average molecular weight is 363 g/mol. The van der Waals surface area contributed by atoms with Crippen LogP contribution in [0.5, 0.6) is 0 Å². The fourth-order valence-corrected chi connectivity index (χ4v) is 3.69. The van der Waals surface area contributed by atoms with Crippen LogP contribution in [0.25, 0.3) is 0 Å². The van der Waals surface area contributed by atoms with Crippen LogP contribution in [0.1, 0.15) is 19.4 Å². The van der Waals surface area contributed by atoms with E-state index in [0.29, 0.717) is 18.8 Å². The number of hydrogen-bond acceptors (Lipinski definition) is 6. The van der Waals surface area contributed by atoms with Crippen LogP contribution in [0, 0.1) is 0 Å². The molecule has 24 heavy (non-hydrogen) atoms. The number of nitrogens with zero attached hydrogens (tertiary/aromatic N) is 3. The van der Waals surface area contributed by atoms with Crippen molar-refractivity contribution in [3.05, 3.63) is 48.6 Å². The van der Waals surface area contributed by atoms with Crippen LogP contribution in [0.2, 0.25) is 0 Å². The van der Waals surface area contributed by atoms with E-state index in [1.54, 1.807) is 6.08 Å². The second-order valence-corrected chi connectivity index (χ2v) is 7.63. The van der Waals surface area contributed by atoms with Gasteiger partial charge in [-0.2, -0.15) is 0 Å². The van der Waals surface area contributed by atoms with Gasteiger partial charge in [-0.25, -0.2) is 0 Å². The summed E-state index contributed by atoms with van der Waals surface area (Å²) >= 11 is 2.88. The summed E-state index contributed by atoms with van der Waals surface area (Å²) in [5, 5.41) is 12.0. The number of carbonyl (C=O) groups is 1. The lowest BCUT2D eigenvalue weighted by atomic mass is 10.2. The van der Waals surface area contributed by atoms with Gasteiger partial charge in [0.25, 0.3) is 0 Å². The molecule has 1 aromatic carbocycles. The molecular formula is C17H22N4OS2. The van der Waals surface area contributed by atoms with Gasteiger partial charge in [-0.1, -0.05) is 59.5 Å². The maximum atomic E-state index is 12.6. The first kappa shape index (κ1) is 18.5. The van der Waals surface area contributed by atoms with Crippen LogP contribution in [0.4, 0.5) is 5.13 Å². The number of benzene rings is 1. The zero-order chi connectivity index (χ0) is 17.4. The minimum atomic E-state index is 0.106. The van der Waals surface area contributed by atoms with Crippen molar-refractivity contribution in [1.29, 1.82) is 0 Å². The summed E-state index contributed by atoms with van der Waals surface area (Å²) in [5.41, 5.74) is 1.14. The topological polar surface area (TPSA) is 58.1 Å². The highest BCUT2D eigenvalue weighted by atomic mass is 32.2. The minimum absolute atomic E-state index is 0.106. The molecule has 0 saturated carbocycles. The van der Waals surface area contributed by atoms with Crippen molar-refractivity contribution in [1.82, 2.24) is 15.1 Å². The molecule has 0 aliphatic rings. The van der Waals surface area contributed by atoms with Crippen molar-refractivity contribution in [2.24, 2.45) is 0 Å². The normalized spacial score (nSPS) is 10.6. The molecule has 1 N–H and O–H groups in total. The smallest absolute Gasteiger partial charge is 0.233 e. The van der Waals surface area contributed by atoms with Crippen LogP contribution in [-0.4, -0.2) is 39.3 Å². The lowest BCUT2D eigenvalue weighted by Crippen LogP contribution is -2.37. The maximum Gasteiger partial charge on any atom is 0.233 e. The Hall–Kier alpha value is -1.86. The lowest BCUT2D eigenvalue weighted by molar-refractivity contribution is -0.130. The second-order valence-electron chi connectivity index (χ2n) is 5.43. The van der Waals surface area contributed by atoms with Gasteiger partial charge in [0, 0.05) is 19.1 Å². The number of aromatic nitrogens is 2. The maximum absolute atomic E-state index is 12.6. The van der Waals surface area contributed by atoms with E-state index >= 15 is 0 Å². The quantitative estimate of drug-likeness (QED) is 0.545. The summed E-state index contributed by atoms with van der Waals surface area (Å²) in [7, 11) is 0. The Morgan fingerprint density at radius 1 is 1.38 bits per heavy atom. The van der Waals surface area contributed by atoms with Crippen molar-refractivity contribution in [3.63, 3.8) is 0 Å². The standard InChI is InChI=1S/C17H22N4OS2/c1-4-10-18-16-19-20-17(24-16)23-12-15(22)21(13(2)3)11-14-8-6-5-7-9-14/h4-9,13H,1,10-12H2,2-3H3,(H,18,19). The van der Waals surface area contributed by atoms with E-state index in [2.05, 4.69) is 22.1 Å². The third-order valence-electron chi connectivity index (χ3n) is 3.26. The Morgan fingerprint density at radius 2 is 2.12 bits per heavy atom. The van der Waals surface area contributed by atoms with E-state index in [1.165, 1.54) is 23.1 Å². The molecule has 0 bridgehead atoms. The van der Waals surface area contributed by atoms with E-state index in [4.69, 9.17) is 0 Å². The summed E-state index contributed by atoms with van der Waals surface area (Å²) < 4.78 is 0.790. The van der Waals surface area contributed by atoms with Gasteiger partial charge >= 0.3 is 0 Å². The summed E-state index contributed by atoms with van der Waals surface area (Å²) in [6.45, 7) is 9.00. The molecule has 1 amide bonds. The summed E-state index contributed by atoms with van der Waals surface area (Å²) in [6, 6.07) is 10.2. The van der Waals surface area contributed by atoms with Gasteiger partial charge in [-0.3, -0.25) is 4.79 Å². The summed E-state index contributed by atoms with van der Waals surface area (Å²) in [4.78, 5) is 14.5. The number of thioether (sulfide) groups is 1. The Labute approximate surface area is 151 Å². The first-order valence-electron chi connectivity index (χ1n) is 7.74. The molecule has 128 valence electrons. The third kappa shape index (κ3) is 5.65. The zero-order valence-corrected chi connectivity index (χ0v) is 15.6. The molecule has 0 radical (unpaired) electrons. The van der Waals surface area contributed by atoms with Crippen molar-refractivity contribution in [2.75, 3.05) is 17.6 Å². The number of amides is 1. The van der Waals surface area contributed by atoms with Gasteiger partial charge in [0.2, 0.25) is 11.0 Å². The van der Waals surface area contributed by atoms with E-state index in [1.807, 2.05) is 49.1 Å². The van der Waals surface area contributed by atoms with Gasteiger partial charge in [0.1, 0.15) is 0 Å². The van der Waals surface area contributed by atoms with Crippen molar-refractivity contribution < 1.29 is 4.79 Å². The van der Waals surface area contributed by atoms with Crippen LogP contribution in [-0.2, 0) is 11.3 Å². The average Bonchev–Trinajstić information content (AvgIpc) is 3.04. The molecule has 0 atom stereocenters. The van der Waals surface area contributed by atoms with Crippen LogP contribution < -0.4 is 5.32 Å². The van der Waals surface area contributed by atoms with Crippen molar-refractivity contribution in [3.8, 4) is 0 Å². The monoisotopic (exact) mass is 362 g/mol. The molecule has 5 nitrogen and oxygen atoms in total. The molecule has 0 spiro atoms. The highest BCUT2D eigenvalue weighted by molar-refractivity contribution is 8.01. The second kappa shape index (κ2) is 9.44. The SMILES string of the molecule is C=CCNc1nnc(SCC(=O)N(Cc2ccccc2)C(C)C)s1. The molecule has 2 aromatic rings. The highest BCUT2D eigenvalue weighted by Gasteiger charge is 2.18. The number of hydrogen-bond donors (Lipinski definition) is 1. The van der Waals surface area contributed by atoms with Gasteiger partial charge in [0.05, 0.1) is 5.75 Å². The van der Waals surface area contributed by atoms with Crippen molar-refractivity contribution in [2.45, 2.75) is 30.8 Å². The zero-order valence-electron chi connectivity index (χ0n) is 13.9. The minimum Gasteiger partial charge on any atom is -0.357 e. The molecule has 1 aromatic heterocycles. The number of nitrogens with one attached hydrogen (secondary N) is 1. The molecule has 0 unspecified atom stereocenters. The van der Waals surface area contributed by atoms with Crippen LogP contribution in [0.3, 0.4) is 0 Å². The molecule has 7 heteroatoms. The Balaban J connectivity index is 1.90. The molecule has 0 fully saturated rings. The van der Waals surface area contributed by atoms with E-state index in [-0.39, 0.29) is 11.9 Å². The molecule has 2 rings (SSSR count). The first-order valence-corrected chi connectivity index (χ1v) is 9.55. The van der Waals surface area contributed by atoms with E-state index in [9.17, 15) is 4.79 Å². The van der Waals surface area contributed by atoms with Crippen molar-refractivity contribution >= 4 is 34.1 Å².